The van der Waals surface area contributed by atoms with E-state index in [1.54, 1.807) is 12.4 Å². The first-order valence-electron chi connectivity index (χ1n) is 9.24. The van der Waals surface area contributed by atoms with Crippen LogP contribution in [0.4, 0.5) is 10.7 Å². The van der Waals surface area contributed by atoms with Gasteiger partial charge in [-0.05, 0) is 42.8 Å². The van der Waals surface area contributed by atoms with Crippen LogP contribution >= 0.6 is 0 Å². The zero-order chi connectivity index (χ0) is 21.1. The Balaban J connectivity index is 1.89. The molecule has 0 atom stereocenters. The number of rotatable bonds is 5. The van der Waals surface area contributed by atoms with Crippen LogP contribution in [0, 0.1) is 0 Å². The molecule has 9 heteroatoms. The number of amides is 2. The number of aromatic carboxylic acids is 1. The monoisotopic (exact) mass is 402 g/mol. The molecule has 3 heterocycles. The van der Waals surface area contributed by atoms with Gasteiger partial charge in [-0.2, -0.15) is 0 Å². The van der Waals surface area contributed by atoms with Crippen molar-refractivity contribution in [2.75, 3.05) is 11.9 Å². The lowest BCUT2D eigenvalue weighted by molar-refractivity contribution is 0.0696. The fourth-order valence-corrected chi connectivity index (χ4v) is 3.10. The van der Waals surface area contributed by atoms with Gasteiger partial charge in [0.05, 0.1) is 22.3 Å². The summed E-state index contributed by atoms with van der Waals surface area (Å²) in [6, 6.07) is 10.1. The third-order valence-corrected chi connectivity index (χ3v) is 4.44. The zero-order valence-electron chi connectivity index (χ0n) is 16.0. The number of aromatic nitrogens is 4. The molecule has 0 saturated carbocycles. The summed E-state index contributed by atoms with van der Waals surface area (Å²) < 4.78 is 0. The maximum atomic E-state index is 11.9. The van der Waals surface area contributed by atoms with Crippen LogP contribution in [0.2, 0.25) is 0 Å². The number of nitrogens with one attached hydrogen (secondary N) is 3. The Morgan fingerprint density at radius 3 is 2.73 bits per heavy atom. The Hall–Kier alpha value is -4.27. The van der Waals surface area contributed by atoms with E-state index >= 15 is 0 Å². The number of urea groups is 1. The van der Waals surface area contributed by atoms with Crippen LogP contribution < -0.4 is 10.6 Å². The maximum Gasteiger partial charge on any atom is 0.335 e. The average Bonchev–Trinajstić information content (AvgIpc) is 3.16. The quantitative estimate of drug-likeness (QED) is 0.404. The van der Waals surface area contributed by atoms with E-state index in [1.165, 1.54) is 18.3 Å². The molecular formula is C21H18N6O3. The molecular weight excluding hydrogens is 384 g/mol. The molecule has 3 aromatic heterocycles. The molecule has 2 amide bonds. The van der Waals surface area contributed by atoms with E-state index in [0.29, 0.717) is 28.8 Å². The summed E-state index contributed by atoms with van der Waals surface area (Å²) in [6.07, 6.45) is 4.86. The number of hydrogen-bond donors (Lipinski definition) is 4. The van der Waals surface area contributed by atoms with E-state index in [1.807, 2.05) is 31.2 Å². The van der Waals surface area contributed by atoms with E-state index in [4.69, 9.17) is 0 Å². The second-order valence-electron chi connectivity index (χ2n) is 6.46. The van der Waals surface area contributed by atoms with Crippen LogP contribution in [0.25, 0.3) is 33.4 Å². The van der Waals surface area contributed by atoms with Crippen molar-refractivity contribution in [3.05, 3.63) is 60.6 Å². The predicted molar refractivity (Wildman–Crippen MR) is 112 cm³/mol. The molecule has 1 aromatic carbocycles. The number of imidazole rings is 1. The van der Waals surface area contributed by atoms with E-state index in [9.17, 15) is 14.7 Å². The highest BCUT2D eigenvalue weighted by atomic mass is 16.4. The van der Waals surface area contributed by atoms with E-state index in [0.717, 1.165) is 11.1 Å². The van der Waals surface area contributed by atoms with Crippen molar-refractivity contribution in [1.29, 1.82) is 0 Å². The van der Waals surface area contributed by atoms with Crippen molar-refractivity contribution >= 4 is 29.0 Å². The normalized spacial score (nSPS) is 10.7. The number of carbonyl (C=O) groups is 2. The van der Waals surface area contributed by atoms with Gasteiger partial charge in [0.2, 0.25) is 5.95 Å². The molecule has 9 nitrogen and oxygen atoms in total. The Morgan fingerprint density at radius 2 is 2.00 bits per heavy atom. The fraction of sp³-hybridized carbons (Fsp3) is 0.0952. The first-order chi connectivity index (χ1) is 14.5. The summed E-state index contributed by atoms with van der Waals surface area (Å²) in [5.74, 6) is -0.767. The van der Waals surface area contributed by atoms with Crippen LogP contribution in [0.1, 0.15) is 17.3 Å². The molecule has 0 spiro atoms. The highest BCUT2D eigenvalue weighted by Gasteiger charge is 2.16. The van der Waals surface area contributed by atoms with Gasteiger partial charge < -0.3 is 15.4 Å². The van der Waals surface area contributed by atoms with Crippen molar-refractivity contribution in [2.24, 2.45) is 0 Å². The van der Waals surface area contributed by atoms with Crippen LogP contribution in [-0.4, -0.2) is 43.6 Å². The van der Waals surface area contributed by atoms with Gasteiger partial charge in [0.1, 0.15) is 0 Å². The Morgan fingerprint density at radius 1 is 1.13 bits per heavy atom. The molecule has 0 fully saturated rings. The van der Waals surface area contributed by atoms with E-state index in [2.05, 4.69) is 30.6 Å². The molecule has 0 unspecified atom stereocenters. The Kier molecular flexibility index (Phi) is 5.08. The van der Waals surface area contributed by atoms with Crippen LogP contribution in [0.3, 0.4) is 0 Å². The molecule has 0 bridgehead atoms. The van der Waals surface area contributed by atoms with Crippen molar-refractivity contribution in [3.63, 3.8) is 0 Å². The topological polar surface area (TPSA) is 133 Å². The minimum absolute atomic E-state index is 0.125. The minimum Gasteiger partial charge on any atom is -0.478 e. The van der Waals surface area contributed by atoms with Crippen molar-refractivity contribution in [2.45, 2.75) is 6.92 Å². The number of fused-ring (bicyclic) bond motifs is 1. The molecule has 150 valence electrons. The number of hydrogen-bond acceptors (Lipinski definition) is 5. The minimum atomic E-state index is -1.04. The highest BCUT2D eigenvalue weighted by Crippen LogP contribution is 2.33. The first-order valence-corrected chi connectivity index (χ1v) is 9.24. The molecule has 0 saturated heterocycles. The molecule has 0 aliphatic carbocycles. The summed E-state index contributed by atoms with van der Waals surface area (Å²) in [5, 5.41) is 14.6. The standard InChI is InChI=1S/C21H18N6O3/c1-2-23-21(30)27-20-25-17-10-14(13-4-3-6-22-11-13)8-15(18(17)26-20)16-9-12(19(28)29)5-7-24-16/h3-11H,2H2,1H3,(H,28,29)(H3,23,25,26,27,30). The van der Waals surface area contributed by atoms with Gasteiger partial charge in [-0.25, -0.2) is 14.6 Å². The summed E-state index contributed by atoms with van der Waals surface area (Å²) in [5.41, 5.74) is 4.19. The number of aromatic amines is 1. The summed E-state index contributed by atoms with van der Waals surface area (Å²) >= 11 is 0. The van der Waals surface area contributed by atoms with Gasteiger partial charge in [-0.3, -0.25) is 15.3 Å². The number of anilines is 1. The molecule has 0 aliphatic rings. The number of carboxylic acid groups (broad SMARTS) is 1. The SMILES string of the molecule is CCNC(=O)Nc1nc2cc(-c3cccnc3)cc(-c3cc(C(=O)O)ccn3)c2[nH]1. The third-order valence-electron chi connectivity index (χ3n) is 4.44. The molecule has 4 rings (SSSR count). The molecule has 4 aromatic rings. The molecule has 0 aliphatic heterocycles. The Labute approximate surface area is 171 Å². The molecule has 30 heavy (non-hydrogen) atoms. The molecule has 4 N–H and O–H groups in total. The van der Waals surface area contributed by atoms with Crippen LogP contribution in [0.15, 0.2) is 55.0 Å². The maximum absolute atomic E-state index is 11.9. The van der Waals surface area contributed by atoms with Gasteiger partial charge in [-0.15, -0.1) is 0 Å². The predicted octanol–water partition coefficient (Wildman–Crippen LogP) is 3.53. The van der Waals surface area contributed by atoms with Crippen molar-refractivity contribution in [3.8, 4) is 22.4 Å². The number of carboxylic acids is 1. The summed E-state index contributed by atoms with van der Waals surface area (Å²) in [7, 11) is 0. The second kappa shape index (κ2) is 8.00. The number of pyridine rings is 2. The number of benzene rings is 1. The zero-order valence-corrected chi connectivity index (χ0v) is 16.0. The van der Waals surface area contributed by atoms with Crippen LogP contribution in [0.5, 0.6) is 0 Å². The highest BCUT2D eigenvalue weighted by molar-refractivity contribution is 5.99. The van der Waals surface area contributed by atoms with Gasteiger partial charge in [-0.1, -0.05) is 6.07 Å². The Bertz CT molecular complexity index is 1240. The number of nitrogens with zero attached hydrogens (tertiary/aromatic N) is 3. The van der Waals surface area contributed by atoms with Crippen molar-refractivity contribution < 1.29 is 14.7 Å². The van der Waals surface area contributed by atoms with E-state index in [-0.39, 0.29) is 17.5 Å². The van der Waals surface area contributed by atoms with Gasteiger partial charge in [0, 0.05) is 36.3 Å². The lowest BCUT2D eigenvalue weighted by Crippen LogP contribution is -2.28. The van der Waals surface area contributed by atoms with Crippen LogP contribution in [-0.2, 0) is 0 Å². The lowest BCUT2D eigenvalue weighted by Gasteiger charge is -2.08. The van der Waals surface area contributed by atoms with Crippen molar-refractivity contribution in [1.82, 2.24) is 25.3 Å². The largest absolute Gasteiger partial charge is 0.478 e. The second-order valence-corrected chi connectivity index (χ2v) is 6.46. The smallest absolute Gasteiger partial charge is 0.335 e. The first kappa shape index (κ1) is 19.1. The molecule has 0 radical (unpaired) electrons. The van der Waals surface area contributed by atoms with Gasteiger partial charge >= 0.3 is 12.0 Å². The summed E-state index contributed by atoms with van der Waals surface area (Å²) in [4.78, 5) is 39.4. The lowest BCUT2D eigenvalue weighted by atomic mass is 10.0. The average molecular weight is 402 g/mol. The fourth-order valence-electron chi connectivity index (χ4n) is 3.10. The van der Waals surface area contributed by atoms with E-state index < -0.39 is 5.97 Å². The summed E-state index contributed by atoms with van der Waals surface area (Å²) in [6.45, 7) is 2.30. The third kappa shape index (κ3) is 3.81. The van der Waals surface area contributed by atoms with Gasteiger partial charge in [0.25, 0.3) is 0 Å². The van der Waals surface area contributed by atoms with Gasteiger partial charge in [0.15, 0.2) is 0 Å². The number of carbonyl (C=O) groups excluding carboxylic acids is 1. The number of H-pyrrole nitrogens is 1.